The maximum absolute atomic E-state index is 12.5. The van der Waals surface area contributed by atoms with Crippen molar-refractivity contribution in [2.24, 2.45) is 0 Å². The fraction of sp³-hybridized carbons (Fsp3) is 0.588. The summed E-state index contributed by atoms with van der Waals surface area (Å²) in [7, 11) is 0. The Labute approximate surface area is 135 Å². The Morgan fingerprint density at radius 3 is 2.87 bits per heavy atom. The number of aromatic nitrogens is 4. The summed E-state index contributed by atoms with van der Waals surface area (Å²) in [6.07, 6.45) is 10.0. The maximum Gasteiger partial charge on any atom is 0.276 e. The zero-order valence-electron chi connectivity index (χ0n) is 13.6. The van der Waals surface area contributed by atoms with Crippen molar-refractivity contribution in [1.29, 1.82) is 0 Å². The molecule has 1 amide bonds. The van der Waals surface area contributed by atoms with Crippen LogP contribution in [-0.2, 0) is 13.0 Å². The van der Waals surface area contributed by atoms with Gasteiger partial charge < -0.3 is 5.32 Å². The molecule has 4 rings (SSSR count). The molecule has 6 nitrogen and oxygen atoms in total. The Morgan fingerprint density at radius 2 is 2.09 bits per heavy atom. The Morgan fingerprint density at radius 1 is 1.26 bits per heavy atom. The highest BCUT2D eigenvalue weighted by Gasteiger charge is 2.22. The number of hydrogen-bond acceptors (Lipinski definition) is 3. The highest BCUT2D eigenvalue weighted by molar-refractivity contribution is 6.03. The van der Waals surface area contributed by atoms with Crippen molar-refractivity contribution in [3.63, 3.8) is 0 Å². The van der Waals surface area contributed by atoms with Gasteiger partial charge in [0.2, 0.25) is 0 Å². The number of amides is 1. The monoisotopic (exact) mass is 313 g/mol. The van der Waals surface area contributed by atoms with Crippen LogP contribution < -0.4 is 5.32 Å². The lowest BCUT2D eigenvalue weighted by Crippen LogP contribution is -2.15. The van der Waals surface area contributed by atoms with Crippen molar-refractivity contribution >= 4 is 11.6 Å². The molecule has 0 spiro atoms. The number of anilines is 1. The minimum Gasteiger partial charge on any atom is -0.318 e. The van der Waals surface area contributed by atoms with Crippen molar-refractivity contribution in [2.45, 2.75) is 64.5 Å². The van der Waals surface area contributed by atoms with E-state index in [1.54, 1.807) is 6.20 Å². The molecular weight excluding hydrogens is 290 g/mol. The molecule has 23 heavy (non-hydrogen) atoms. The van der Waals surface area contributed by atoms with Crippen LogP contribution in [0.4, 0.5) is 5.69 Å². The van der Waals surface area contributed by atoms with Gasteiger partial charge in [0.1, 0.15) is 0 Å². The number of nitrogens with zero attached hydrogens (tertiary/aromatic N) is 4. The molecule has 3 heterocycles. The molecule has 122 valence electrons. The van der Waals surface area contributed by atoms with Crippen LogP contribution in [0.25, 0.3) is 0 Å². The van der Waals surface area contributed by atoms with Gasteiger partial charge in [0.05, 0.1) is 23.6 Å². The summed E-state index contributed by atoms with van der Waals surface area (Å²) >= 11 is 0. The van der Waals surface area contributed by atoms with Crippen LogP contribution in [0.3, 0.4) is 0 Å². The van der Waals surface area contributed by atoms with Crippen molar-refractivity contribution in [3.8, 4) is 0 Å². The number of nitrogens with one attached hydrogen (secondary N) is 1. The van der Waals surface area contributed by atoms with Crippen LogP contribution in [0.15, 0.2) is 12.3 Å². The Bertz CT molecular complexity index is 700. The van der Waals surface area contributed by atoms with Gasteiger partial charge in [-0.3, -0.25) is 14.2 Å². The highest BCUT2D eigenvalue weighted by atomic mass is 16.2. The fourth-order valence-electron chi connectivity index (χ4n) is 3.78. The van der Waals surface area contributed by atoms with Gasteiger partial charge in [-0.1, -0.05) is 12.8 Å². The molecule has 1 saturated carbocycles. The molecular formula is C17H23N5O. The van der Waals surface area contributed by atoms with E-state index in [0.29, 0.717) is 11.7 Å². The van der Waals surface area contributed by atoms with Crippen LogP contribution >= 0.6 is 0 Å². The fourth-order valence-corrected chi connectivity index (χ4v) is 3.78. The summed E-state index contributed by atoms with van der Waals surface area (Å²) in [4.78, 5) is 12.5. The molecule has 2 aromatic rings. The molecule has 1 aliphatic carbocycles. The van der Waals surface area contributed by atoms with E-state index in [2.05, 4.69) is 20.2 Å². The minimum absolute atomic E-state index is 0.138. The summed E-state index contributed by atoms with van der Waals surface area (Å²) in [5, 5.41) is 11.9. The summed E-state index contributed by atoms with van der Waals surface area (Å²) in [5.74, 6) is -0.138. The smallest absolute Gasteiger partial charge is 0.276 e. The lowest BCUT2D eigenvalue weighted by molar-refractivity contribution is 0.102. The molecule has 2 aliphatic rings. The summed E-state index contributed by atoms with van der Waals surface area (Å²) in [5.41, 5.74) is 3.51. The summed E-state index contributed by atoms with van der Waals surface area (Å²) in [6, 6.07) is 2.41. The van der Waals surface area contributed by atoms with E-state index in [-0.39, 0.29) is 5.91 Å². The third kappa shape index (κ3) is 2.66. The molecule has 0 atom stereocenters. The first-order valence-electron chi connectivity index (χ1n) is 8.64. The first kappa shape index (κ1) is 14.5. The SMILES string of the molecule is Cc1c(NC(=O)c2cc3n(n2)CCCC3)cnn1C1CCCC1. The molecule has 0 aromatic carbocycles. The van der Waals surface area contributed by atoms with Crippen LogP contribution in [0.1, 0.15) is 66.4 Å². The van der Waals surface area contributed by atoms with Gasteiger partial charge in [0, 0.05) is 12.2 Å². The third-order valence-corrected chi connectivity index (χ3v) is 5.11. The van der Waals surface area contributed by atoms with Crippen LogP contribution in [0.2, 0.25) is 0 Å². The average molecular weight is 313 g/mol. The maximum atomic E-state index is 12.5. The van der Waals surface area contributed by atoms with E-state index in [9.17, 15) is 4.79 Å². The highest BCUT2D eigenvalue weighted by Crippen LogP contribution is 2.31. The van der Waals surface area contributed by atoms with Crippen LogP contribution in [0.5, 0.6) is 0 Å². The van der Waals surface area contributed by atoms with Crippen molar-refractivity contribution < 1.29 is 4.79 Å². The Hall–Kier alpha value is -2.11. The summed E-state index contributed by atoms with van der Waals surface area (Å²) in [6.45, 7) is 2.94. The Balaban J connectivity index is 1.51. The largest absolute Gasteiger partial charge is 0.318 e. The summed E-state index contributed by atoms with van der Waals surface area (Å²) < 4.78 is 4.04. The predicted molar refractivity (Wildman–Crippen MR) is 87.6 cm³/mol. The molecule has 1 N–H and O–H groups in total. The molecule has 2 aromatic heterocycles. The topological polar surface area (TPSA) is 64.7 Å². The first-order chi connectivity index (χ1) is 11.2. The van der Waals surface area contributed by atoms with Crippen LogP contribution in [-0.4, -0.2) is 25.5 Å². The van der Waals surface area contributed by atoms with Gasteiger partial charge in [-0.25, -0.2) is 0 Å². The number of rotatable bonds is 3. The van der Waals surface area contributed by atoms with Gasteiger partial charge in [-0.2, -0.15) is 10.2 Å². The van der Waals surface area contributed by atoms with Gasteiger partial charge in [-0.15, -0.1) is 0 Å². The zero-order valence-corrected chi connectivity index (χ0v) is 13.6. The molecule has 0 radical (unpaired) electrons. The number of carbonyl (C=O) groups excluding carboxylic acids is 1. The standard InChI is InChI=1S/C17H23N5O/c1-12-16(11-18-22(12)13-6-2-3-7-13)19-17(23)15-10-14-8-4-5-9-21(14)20-15/h10-11,13H,2-9H2,1H3,(H,19,23). The van der Waals surface area contributed by atoms with Gasteiger partial charge >= 0.3 is 0 Å². The second-order valence-corrected chi connectivity index (χ2v) is 6.68. The van der Waals surface area contributed by atoms with Crippen LogP contribution in [0, 0.1) is 6.92 Å². The average Bonchev–Trinajstić information content (AvgIpc) is 3.27. The molecule has 1 aliphatic heterocycles. The number of hydrogen-bond donors (Lipinski definition) is 1. The van der Waals surface area contributed by atoms with Gasteiger partial charge in [0.15, 0.2) is 5.69 Å². The van der Waals surface area contributed by atoms with E-state index in [1.807, 2.05) is 17.7 Å². The quantitative estimate of drug-likeness (QED) is 0.947. The minimum atomic E-state index is -0.138. The van der Waals surface area contributed by atoms with Gasteiger partial charge in [0.25, 0.3) is 5.91 Å². The number of fused-ring (bicyclic) bond motifs is 1. The third-order valence-electron chi connectivity index (χ3n) is 5.11. The zero-order chi connectivity index (χ0) is 15.8. The van der Waals surface area contributed by atoms with Crippen molar-refractivity contribution in [2.75, 3.05) is 5.32 Å². The first-order valence-corrected chi connectivity index (χ1v) is 8.64. The molecule has 1 fully saturated rings. The van der Waals surface area contributed by atoms with E-state index >= 15 is 0 Å². The molecule has 6 heteroatoms. The van der Waals surface area contributed by atoms with E-state index < -0.39 is 0 Å². The molecule has 0 unspecified atom stereocenters. The lowest BCUT2D eigenvalue weighted by atomic mass is 10.1. The number of aryl methyl sites for hydroxylation is 2. The second kappa shape index (κ2) is 5.83. The number of carbonyl (C=O) groups is 1. The van der Waals surface area contributed by atoms with E-state index in [0.717, 1.165) is 30.8 Å². The molecule has 0 saturated heterocycles. The normalized spacial score (nSPS) is 18.1. The predicted octanol–water partition coefficient (Wildman–Crippen LogP) is 3.09. The second-order valence-electron chi connectivity index (χ2n) is 6.68. The Kier molecular flexibility index (Phi) is 3.67. The van der Waals surface area contributed by atoms with Crippen molar-refractivity contribution in [3.05, 3.63) is 29.3 Å². The molecule has 0 bridgehead atoms. The van der Waals surface area contributed by atoms with E-state index in [1.165, 1.54) is 37.8 Å². The van der Waals surface area contributed by atoms with Crippen molar-refractivity contribution in [1.82, 2.24) is 19.6 Å². The lowest BCUT2D eigenvalue weighted by Gasteiger charge is -2.12. The van der Waals surface area contributed by atoms with Gasteiger partial charge in [-0.05, 0) is 45.1 Å². The van der Waals surface area contributed by atoms with E-state index in [4.69, 9.17) is 0 Å².